The number of carbonyl (C=O) groups excluding carboxylic acids is 1. The van der Waals surface area contributed by atoms with Crippen molar-refractivity contribution in [1.29, 1.82) is 0 Å². The van der Waals surface area contributed by atoms with Gasteiger partial charge in [0, 0.05) is 13.1 Å². The molecule has 1 amide bonds. The van der Waals surface area contributed by atoms with Gasteiger partial charge in [0.2, 0.25) is 0 Å². The number of likely N-dealkylation sites (tertiary alicyclic amines) is 1. The minimum absolute atomic E-state index is 0.198. The molecule has 110 valence electrons. The van der Waals surface area contributed by atoms with E-state index in [1.54, 1.807) is 12.1 Å². The predicted octanol–water partition coefficient (Wildman–Crippen LogP) is 4.45. The highest BCUT2D eigenvalue weighted by Crippen LogP contribution is 2.34. The van der Waals surface area contributed by atoms with Crippen LogP contribution in [0.2, 0.25) is 10.0 Å². The number of hydrogen-bond acceptors (Lipinski definition) is 3. The molecular formula is C15H14Cl2N2OS. The van der Waals surface area contributed by atoms with Gasteiger partial charge in [-0.25, -0.2) is 0 Å². The molecule has 2 aliphatic heterocycles. The molecule has 0 N–H and O–H groups in total. The molecule has 6 heteroatoms. The lowest BCUT2D eigenvalue weighted by Gasteiger charge is -2.27. The number of nitrogens with zero attached hydrogens (tertiary/aromatic N) is 2. The molecule has 1 aromatic rings. The van der Waals surface area contributed by atoms with Gasteiger partial charge in [-0.15, -0.1) is 0 Å². The third-order valence-electron chi connectivity index (χ3n) is 3.50. The van der Waals surface area contributed by atoms with Crippen molar-refractivity contribution in [2.24, 2.45) is 4.99 Å². The van der Waals surface area contributed by atoms with E-state index in [1.165, 1.54) is 18.2 Å². The summed E-state index contributed by atoms with van der Waals surface area (Å²) in [5.41, 5.74) is 0.745. The van der Waals surface area contributed by atoms with Crippen molar-refractivity contribution in [2.45, 2.75) is 19.3 Å². The molecule has 0 aromatic heterocycles. The number of aliphatic imine (C=N–C) groups is 1. The first kappa shape index (κ1) is 14.9. The number of amidine groups is 1. The Morgan fingerprint density at radius 2 is 1.95 bits per heavy atom. The van der Waals surface area contributed by atoms with E-state index in [4.69, 9.17) is 23.2 Å². The average Bonchev–Trinajstić information content (AvgIpc) is 2.86. The summed E-state index contributed by atoms with van der Waals surface area (Å²) < 4.78 is 0. The Balaban J connectivity index is 1.80. The Hall–Kier alpha value is -0.970. The highest BCUT2D eigenvalue weighted by atomic mass is 35.5. The predicted molar refractivity (Wildman–Crippen MR) is 89.9 cm³/mol. The van der Waals surface area contributed by atoms with Crippen molar-refractivity contribution in [3.05, 3.63) is 38.7 Å². The summed E-state index contributed by atoms with van der Waals surface area (Å²) in [6.07, 6.45) is 5.34. The first-order chi connectivity index (χ1) is 10.1. The molecule has 1 aromatic carbocycles. The number of benzene rings is 1. The quantitative estimate of drug-likeness (QED) is 0.708. The third kappa shape index (κ3) is 3.28. The van der Waals surface area contributed by atoms with Crippen molar-refractivity contribution in [1.82, 2.24) is 4.90 Å². The van der Waals surface area contributed by atoms with Crippen LogP contribution in [0, 0.1) is 0 Å². The zero-order valence-corrected chi connectivity index (χ0v) is 13.6. The number of thioether (sulfide) groups is 1. The second-order valence-electron chi connectivity index (χ2n) is 5.00. The minimum atomic E-state index is -0.198. The van der Waals surface area contributed by atoms with Crippen LogP contribution < -0.4 is 0 Å². The van der Waals surface area contributed by atoms with Gasteiger partial charge >= 0.3 is 0 Å². The van der Waals surface area contributed by atoms with Crippen molar-refractivity contribution >= 4 is 52.1 Å². The Kier molecular flexibility index (Phi) is 4.57. The monoisotopic (exact) mass is 340 g/mol. The molecule has 0 saturated carbocycles. The van der Waals surface area contributed by atoms with E-state index in [0.29, 0.717) is 15.0 Å². The van der Waals surface area contributed by atoms with Crippen LogP contribution in [0.15, 0.2) is 28.1 Å². The molecule has 0 unspecified atom stereocenters. The number of rotatable bonds is 1. The van der Waals surface area contributed by atoms with E-state index in [9.17, 15) is 4.79 Å². The molecule has 0 spiro atoms. The Morgan fingerprint density at radius 1 is 1.19 bits per heavy atom. The van der Waals surface area contributed by atoms with Crippen LogP contribution in [0.3, 0.4) is 0 Å². The molecule has 0 atom stereocenters. The van der Waals surface area contributed by atoms with Crippen LogP contribution in [0.5, 0.6) is 0 Å². The zero-order valence-electron chi connectivity index (χ0n) is 11.3. The van der Waals surface area contributed by atoms with Gasteiger partial charge < -0.3 is 4.90 Å². The number of amides is 1. The van der Waals surface area contributed by atoms with Crippen molar-refractivity contribution in [3.8, 4) is 0 Å². The van der Waals surface area contributed by atoms with E-state index < -0.39 is 0 Å². The smallest absolute Gasteiger partial charge is 0.286 e. The molecule has 2 aliphatic rings. The van der Waals surface area contributed by atoms with Crippen LogP contribution in [0.1, 0.15) is 24.8 Å². The summed E-state index contributed by atoms with van der Waals surface area (Å²) in [7, 11) is 0. The summed E-state index contributed by atoms with van der Waals surface area (Å²) in [5.74, 6) is -0.198. The van der Waals surface area contributed by atoms with Gasteiger partial charge in [-0.05, 0) is 48.7 Å². The van der Waals surface area contributed by atoms with Crippen LogP contribution in [-0.4, -0.2) is 29.1 Å². The molecule has 0 radical (unpaired) electrons. The van der Waals surface area contributed by atoms with E-state index in [2.05, 4.69) is 9.89 Å². The maximum Gasteiger partial charge on any atom is 0.286 e. The summed E-state index contributed by atoms with van der Waals surface area (Å²) in [6, 6.07) is 5.39. The highest BCUT2D eigenvalue weighted by Gasteiger charge is 2.27. The molecular weight excluding hydrogens is 327 g/mol. The molecule has 3 nitrogen and oxygen atoms in total. The van der Waals surface area contributed by atoms with Crippen LogP contribution in [0.25, 0.3) is 6.08 Å². The lowest BCUT2D eigenvalue weighted by molar-refractivity contribution is -0.113. The zero-order chi connectivity index (χ0) is 14.8. The molecule has 3 rings (SSSR count). The van der Waals surface area contributed by atoms with E-state index >= 15 is 0 Å². The Morgan fingerprint density at radius 3 is 2.71 bits per heavy atom. The maximum atomic E-state index is 12.0. The first-order valence-electron chi connectivity index (χ1n) is 6.86. The van der Waals surface area contributed by atoms with Crippen LogP contribution in [0.4, 0.5) is 0 Å². The summed E-state index contributed by atoms with van der Waals surface area (Å²) in [4.78, 5) is 19.0. The van der Waals surface area contributed by atoms with Gasteiger partial charge in [0.25, 0.3) is 5.91 Å². The van der Waals surface area contributed by atoms with E-state index in [0.717, 1.165) is 36.7 Å². The molecule has 21 heavy (non-hydrogen) atoms. The van der Waals surface area contributed by atoms with E-state index in [1.807, 2.05) is 12.1 Å². The van der Waals surface area contributed by atoms with Gasteiger partial charge in [-0.1, -0.05) is 35.3 Å². The number of hydrogen-bond donors (Lipinski definition) is 0. The van der Waals surface area contributed by atoms with Crippen LogP contribution in [-0.2, 0) is 4.79 Å². The molecule has 1 fully saturated rings. The second kappa shape index (κ2) is 6.42. The van der Waals surface area contributed by atoms with Gasteiger partial charge in [0.1, 0.15) is 0 Å². The van der Waals surface area contributed by atoms with Crippen molar-refractivity contribution in [2.75, 3.05) is 13.1 Å². The maximum absolute atomic E-state index is 12.0. The summed E-state index contributed by atoms with van der Waals surface area (Å²) >= 11 is 13.6. The van der Waals surface area contributed by atoms with Gasteiger partial charge in [-0.2, -0.15) is 4.99 Å². The average molecular weight is 341 g/mol. The van der Waals surface area contributed by atoms with Crippen molar-refractivity contribution in [3.63, 3.8) is 0 Å². The topological polar surface area (TPSA) is 32.7 Å². The second-order valence-corrected chi connectivity index (χ2v) is 6.80. The van der Waals surface area contributed by atoms with Gasteiger partial charge in [0.15, 0.2) is 5.17 Å². The highest BCUT2D eigenvalue weighted by molar-refractivity contribution is 8.18. The molecule has 0 bridgehead atoms. The number of piperidine rings is 1. The Labute approximate surface area is 138 Å². The third-order valence-corrected chi connectivity index (χ3v) is 5.38. The van der Waals surface area contributed by atoms with Gasteiger partial charge in [0.05, 0.1) is 15.0 Å². The number of carbonyl (C=O) groups is 1. The minimum Gasteiger partial charge on any atom is -0.351 e. The lowest BCUT2D eigenvalue weighted by atomic mass is 10.1. The lowest BCUT2D eigenvalue weighted by Crippen LogP contribution is -2.33. The van der Waals surface area contributed by atoms with E-state index in [-0.39, 0.29) is 5.91 Å². The molecule has 0 aliphatic carbocycles. The van der Waals surface area contributed by atoms with Gasteiger partial charge in [-0.3, -0.25) is 4.79 Å². The molecule has 2 heterocycles. The largest absolute Gasteiger partial charge is 0.351 e. The summed E-state index contributed by atoms with van der Waals surface area (Å²) in [5, 5.41) is 1.76. The Bertz CT molecular complexity index is 637. The fourth-order valence-electron chi connectivity index (χ4n) is 2.39. The molecule has 1 saturated heterocycles. The van der Waals surface area contributed by atoms with Crippen LogP contribution >= 0.6 is 35.0 Å². The first-order valence-corrected chi connectivity index (χ1v) is 8.44. The normalized spacial score (nSPS) is 21.0. The fourth-order valence-corrected chi connectivity index (χ4v) is 3.71. The fraction of sp³-hybridized carbons (Fsp3) is 0.333. The standard InChI is InChI=1S/C15H14Cl2N2OS/c16-11-6-4-5-10(13(11)17)9-12-14(20)18-15(21-12)19-7-2-1-3-8-19/h4-6,9H,1-3,7-8H2/b12-9-. The number of halogens is 2. The van der Waals surface area contributed by atoms with Crippen molar-refractivity contribution < 1.29 is 4.79 Å². The SMILES string of the molecule is O=C1N=C(N2CCCCC2)S/C1=C\c1cccc(Cl)c1Cl. The summed E-state index contributed by atoms with van der Waals surface area (Å²) in [6.45, 7) is 1.95.